The van der Waals surface area contributed by atoms with Gasteiger partial charge >= 0.3 is 0 Å². The summed E-state index contributed by atoms with van der Waals surface area (Å²) >= 11 is 5.90. The molecule has 3 aromatic carbocycles. The molecule has 0 aliphatic carbocycles. The number of aromatic nitrogens is 2. The number of anilines is 1. The Morgan fingerprint density at radius 2 is 1.96 bits per heavy atom. The SMILES string of the molecule is Cc1ccc2nc(N/N=C\c3cccc(OCc4ccc(Cl)cc4)c3)[nH]c2c1. The molecule has 0 unspecified atom stereocenters. The number of fused-ring (bicyclic) bond motifs is 1. The van der Waals surface area contributed by atoms with E-state index in [1.165, 1.54) is 5.56 Å². The van der Waals surface area contributed by atoms with Crippen molar-refractivity contribution in [1.29, 1.82) is 0 Å². The fourth-order valence-corrected chi connectivity index (χ4v) is 2.90. The van der Waals surface area contributed by atoms with Gasteiger partial charge in [-0.1, -0.05) is 41.9 Å². The highest BCUT2D eigenvalue weighted by atomic mass is 35.5. The number of imidazole rings is 1. The van der Waals surface area contributed by atoms with E-state index < -0.39 is 0 Å². The van der Waals surface area contributed by atoms with Crippen molar-refractivity contribution in [3.05, 3.63) is 88.4 Å². The van der Waals surface area contributed by atoms with Gasteiger partial charge in [0, 0.05) is 5.02 Å². The van der Waals surface area contributed by atoms with Gasteiger partial charge in [-0.15, -0.1) is 0 Å². The van der Waals surface area contributed by atoms with Gasteiger partial charge in [-0.25, -0.2) is 10.4 Å². The lowest BCUT2D eigenvalue weighted by molar-refractivity contribution is 0.306. The molecule has 0 saturated carbocycles. The van der Waals surface area contributed by atoms with Crippen LogP contribution >= 0.6 is 11.6 Å². The molecule has 0 spiro atoms. The Labute approximate surface area is 168 Å². The molecule has 2 N–H and O–H groups in total. The number of hydrogen-bond donors (Lipinski definition) is 2. The van der Waals surface area contributed by atoms with Gasteiger partial charge in [0.2, 0.25) is 5.95 Å². The minimum atomic E-state index is 0.481. The average molecular weight is 391 g/mol. The van der Waals surface area contributed by atoms with Crippen molar-refractivity contribution in [2.45, 2.75) is 13.5 Å². The van der Waals surface area contributed by atoms with E-state index in [1.54, 1.807) is 6.21 Å². The van der Waals surface area contributed by atoms with Crippen molar-refractivity contribution in [1.82, 2.24) is 9.97 Å². The number of ether oxygens (including phenoxy) is 1. The number of nitrogens with zero attached hydrogens (tertiary/aromatic N) is 2. The number of hydrogen-bond acceptors (Lipinski definition) is 4. The maximum atomic E-state index is 5.90. The van der Waals surface area contributed by atoms with Crippen LogP contribution in [0.25, 0.3) is 11.0 Å². The molecular weight excluding hydrogens is 372 g/mol. The molecule has 4 rings (SSSR count). The zero-order chi connectivity index (χ0) is 19.3. The second kappa shape index (κ2) is 8.15. The Morgan fingerprint density at radius 1 is 1.11 bits per heavy atom. The first-order chi connectivity index (χ1) is 13.7. The summed E-state index contributed by atoms with van der Waals surface area (Å²) in [6, 6.07) is 21.4. The molecule has 28 heavy (non-hydrogen) atoms. The van der Waals surface area contributed by atoms with E-state index in [1.807, 2.05) is 67.6 Å². The van der Waals surface area contributed by atoms with Crippen molar-refractivity contribution >= 4 is 34.8 Å². The zero-order valence-electron chi connectivity index (χ0n) is 15.3. The van der Waals surface area contributed by atoms with Crippen LogP contribution in [-0.2, 0) is 6.61 Å². The predicted octanol–water partition coefficient (Wildman–Crippen LogP) is 5.55. The lowest BCUT2D eigenvalue weighted by atomic mass is 10.2. The van der Waals surface area contributed by atoms with Crippen LogP contribution in [-0.4, -0.2) is 16.2 Å². The van der Waals surface area contributed by atoms with Crippen LogP contribution < -0.4 is 10.2 Å². The van der Waals surface area contributed by atoms with Gasteiger partial charge in [0.05, 0.1) is 17.2 Å². The maximum Gasteiger partial charge on any atom is 0.222 e. The fraction of sp³-hybridized carbons (Fsp3) is 0.0909. The quantitative estimate of drug-likeness (QED) is 0.335. The van der Waals surface area contributed by atoms with Gasteiger partial charge in [0.1, 0.15) is 12.4 Å². The highest BCUT2D eigenvalue weighted by Crippen LogP contribution is 2.17. The predicted molar refractivity (Wildman–Crippen MR) is 114 cm³/mol. The Kier molecular flexibility index (Phi) is 5.26. The average Bonchev–Trinajstić information content (AvgIpc) is 3.10. The summed E-state index contributed by atoms with van der Waals surface area (Å²) in [5.74, 6) is 1.38. The van der Waals surface area contributed by atoms with Crippen LogP contribution in [0.4, 0.5) is 5.95 Å². The number of nitrogens with one attached hydrogen (secondary N) is 2. The summed E-state index contributed by atoms with van der Waals surface area (Å²) in [5.41, 5.74) is 7.99. The third-order valence-electron chi connectivity index (χ3n) is 4.20. The first kappa shape index (κ1) is 18.1. The Hall–Kier alpha value is -3.31. The van der Waals surface area contributed by atoms with Crippen LogP contribution in [0.5, 0.6) is 5.75 Å². The monoisotopic (exact) mass is 390 g/mol. The van der Waals surface area contributed by atoms with Crippen molar-refractivity contribution in [2.24, 2.45) is 5.10 Å². The normalized spacial score (nSPS) is 11.2. The number of benzene rings is 3. The van der Waals surface area contributed by atoms with E-state index >= 15 is 0 Å². The molecule has 0 bridgehead atoms. The molecule has 0 atom stereocenters. The molecule has 0 amide bonds. The van der Waals surface area contributed by atoms with Gasteiger partial charge in [0.15, 0.2) is 0 Å². The molecule has 0 fully saturated rings. The van der Waals surface area contributed by atoms with Crippen LogP contribution in [0.1, 0.15) is 16.7 Å². The topological polar surface area (TPSA) is 62.3 Å². The number of hydrazone groups is 1. The third-order valence-corrected chi connectivity index (χ3v) is 4.45. The Bertz CT molecular complexity index is 1120. The van der Waals surface area contributed by atoms with Gasteiger partial charge in [-0.3, -0.25) is 0 Å². The van der Waals surface area contributed by atoms with Gasteiger partial charge in [-0.05, 0) is 60.0 Å². The number of H-pyrrole nitrogens is 1. The standard InChI is InChI=1S/C22H19ClN4O/c1-15-5-10-20-21(11-15)26-22(25-20)27-24-13-17-3-2-4-19(12-17)28-14-16-6-8-18(23)9-7-16/h2-13H,14H2,1H3,(H2,25,26,27)/b24-13-. The Morgan fingerprint density at radius 3 is 2.82 bits per heavy atom. The van der Waals surface area contributed by atoms with E-state index in [-0.39, 0.29) is 0 Å². The molecule has 1 aromatic heterocycles. The van der Waals surface area contributed by atoms with Gasteiger partial charge in [-0.2, -0.15) is 5.10 Å². The van der Waals surface area contributed by atoms with Crippen LogP contribution in [0.15, 0.2) is 71.8 Å². The highest BCUT2D eigenvalue weighted by molar-refractivity contribution is 6.30. The van der Waals surface area contributed by atoms with Crippen molar-refractivity contribution in [3.63, 3.8) is 0 Å². The Balaban J connectivity index is 1.38. The summed E-state index contributed by atoms with van der Waals surface area (Å²) in [5, 5.41) is 4.98. The van der Waals surface area contributed by atoms with Crippen molar-refractivity contribution < 1.29 is 4.74 Å². The molecule has 4 aromatic rings. The van der Waals surface area contributed by atoms with E-state index in [0.717, 1.165) is 27.9 Å². The molecular formula is C22H19ClN4O. The molecule has 0 radical (unpaired) electrons. The fourth-order valence-electron chi connectivity index (χ4n) is 2.78. The number of aryl methyl sites for hydroxylation is 1. The first-order valence-electron chi connectivity index (χ1n) is 8.88. The van der Waals surface area contributed by atoms with Crippen molar-refractivity contribution in [2.75, 3.05) is 5.43 Å². The smallest absolute Gasteiger partial charge is 0.222 e. The number of halogens is 1. The maximum absolute atomic E-state index is 5.90. The summed E-state index contributed by atoms with van der Waals surface area (Å²) in [6.45, 7) is 2.53. The third kappa shape index (κ3) is 4.50. The molecule has 0 saturated heterocycles. The minimum absolute atomic E-state index is 0.481. The molecule has 0 aliphatic rings. The summed E-state index contributed by atoms with van der Waals surface area (Å²) < 4.78 is 5.84. The first-order valence-corrected chi connectivity index (χ1v) is 9.26. The summed E-state index contributed by atoms with van der Waals surface area (Å²) in [6.07, 6.45) is 1.73. The molecule has 6 heteroatoms. The number of rotatable bonds is 6. The highest BCUT2D eigenvalue weighted by Gasteiger charge is 2.01. The van der Waals surface area contributed by atoms with Gasteiger partial charge in [0.25, 0.3) is 0 Å². The largest absolute Gasteiger partial charge is 0.489 e. The van der Waals surface area contributed by atoms with E-state index in [4.69, 9.17) is 16.3 Å². The summed E-state index contributed by atoms with van der Waals surface area (Å²) in [7, 11) is 0. The lowest BCUT2D eigenvalue weighted by Gasteiger charge is -2.07. The van der Waals surface area contributed by atoms with Crippen LogP contribution in [0.3, 0.4) is 0 Å². The summed E-state index contributed by atoms with van der Waals surface area (Å²) in [4.78, 5) is 7.66. The number of aromatic amines is 1. The minimum Gasteiger partial charge on any atom is -0.489 e. The van der Waals surface area contributed by atoms with Crippen molar-refractivity contribution in [3.8, 4) is 5.75 Å². The second-order valence-electron chi connectivity index (χ2n) is 6.46. The molecule has 5 nitrogen and oxygen atoms in total. The van der Waals surface area contributed by atoms with Crippen LogP contribution in [0, 0.1) is 6.92 Å². The second-order valence-corrected chi connectivity index (χ2v) is 6.90. The molecule has 140 valence electrons. The van der Waals surface area contributed by atoms with Crippen LogP contribution in [0.2, 0.25) is 5.02 Å². The molecule has 1 heterocycles. The molecule has 0 aliphatic heterocycles. The van der Waals surface area contributed by atoms with E-state index in [9.17, 15) is 0 Å². The zero-order valence-corrected chi connectivity index (χ0v) is 16.1. The van der Waals surface area contributed by atoms with Gasteiger partial charge < -0.3 is 9.72 Å². The van der Waals surface area contributed by atoms with E-state index in [0.29, 0.717) is 17.6 Å². The van der Waals surface area contributed by atoms with E-state index in [2.05, 4.69) is 26.6 Å². The lowest BCUT2D eigenvalue weighted by Crippen LogP contribution is -1.96.